The lowest BCUT2D eigenvalue weighted by Gasteiger charge is -2.15. The average molecular weight is 284 g/mol. The second-order valence-corrected chi connectivity index (χ2v) is 5.83. The fourth-order valence-electron chi connectivity index (χ4n) is 2.48. The quantitative estimate of drug-likeness (QED) is 0.471. The Morgan fingerprint density at radius 1 is 0.950 bits per heavy atom. The van der Waals surface area contributed by atoms with E-state index < -0.39 is 0 Å². The summed E-state index contributed by atoms with van der Waals surface area (Å²) in [4.78, 5) is 11.7. The minimum atomic E-state index is 0.202. The van der Waals surface area contributed by atoms with Gasteiger partial charge < -0.3 is 11.1 Å². The predicted octanol–water partition coefficient (Wildman–Crippen LogP) is 4.15. The van der Waals surface area contributed by atoms with Gasteiger partial charge in [0.1, 0.15) is 0 Å². The highest BCUT2D eigenvalue weighted by Crippen LogP contribution is 2.10. The van der Waals surface area contributed by atoms with Crippen LogP contribution in [-0.2, 0) is 4.79 Å². The third-order valence-electron chi connectivity index (χ3n) is 3.88. The van der Waals surface area contributed by atoms with Crippen molar-refractivity contribution in [3.63, 3.8) is 0 Å². The molecule has 0 heterocycles. The van der Waals surface area contributed by atoms with Crippen molar-refractivity contribution in [3.8, 4) is 0 Å². The number of carbonyl (C=O) groups is 1. The Kier molecular flexibility index (Phi) is 14.4. The van der Waals surface area contributed by atoms with Crippen LogP contribution in [0.4, 0.5) is 0 Å². The molecule has 0 saturated carbocycles. The van der Waals surface area contributed by atoms with Crippen LogP contribution in [0.5, 0.6) is 0 Å². The summed E-state index contributed by atoms with van der Waals surface area (Å²) < 4.78 is 0. The van der Waals surface area contributed by atoms with E-state index in [0.29, 0.717) is 13.0 Å². The van der Waals surface area contributed by atoms with Crippen LogP contribution in [0.1, 0.15) is 90.9 Å². The van der Waals surface area contributed by atoms with Crippen molar-refractivity contribution in [3.05, 3.63) is 0 Å². The van der Waals surface area contributed by atoms with E-state index >= 15 is 0 Å². The second-order valence-electron chi connectivity index (χ2n) is 5.83. The van der Waals surface area contributed by atoms with Crippen LogP contribution in [0, 0.1) is 0 Å². The first-order valence-corrected chi connectivity index (χ1v) is 8.74. The lowest BCUT2D eigenvalue weighted by molar-refractivity contribution is -0.122. The van der Waals surface area contributed by atoms with Crippen LogP contribution in [-0.4, -0.2) is 18.5 Å². The van der Waals surface area contributed by atoms with Crippen LogP contribution in [0.2, 0.25) is 0 Å². The summed E-state index contributed by atoms with van der Waals surface area (Å²) >= 11 is 0. The summed E-state index contributed by atoms with van der Waals surface area (Å²) in [5, 5.41) is 3.07. The molecular weight excluding hydrogens is 248 g/mol. The summed E-state index contributed by atoms with van der Waals surface area (Å²) in [7, 11) is 0. The SMILES string of the molecule is CCCCCCCCCCCC(=O)NC(CC)CCN. The molecule has 0 spiro atoms. The number of unbranched alkanes of at least 4 members (excludes halogenated alkanes) is 8. The third-order valence-corrected chi connectivity index (χ3v) is 3.88. The zero-order valence-electron chi connectivity index (χ0n) is 13.8. The maximum absolute atomic E-state index is 11.7. The molecule has 0 aliphatic heterocycles. The third kappa shape index (κ3) is 12.5. The van der Waals surface area contributed by atoms with E-state index in [4.69, 9.17) is 5.73 Å². The molecule has 0 saturated heterocycles. The number of amides is 1. The van der Waals surface area contributed by atoms with Crippen LogP contribution < -0.4 is 11.1 Å². The highest BCUT2D eigenvalue weighted by Gasteiger charge is 2.08. The Bertz CT molecular complexity index is 219. The molecule has 0 rings (SSSR count). The summed E-state index contributed by atoms with van der Waals surface area (Å²) in [6.07, 6.45) is 14.2. The van der Waals surface area contributed by atoms with E-state index in [1.54, 1.807) is 0 Å². The number of hydrogen-bond acceptors (Lipinski definition) is 2. The van der Waals surface area contributed by atoms with Gasteiger partial charge in [0.2, 0.25) is 5.91 Å². The molecule has 0 aliphatic carbocycles. The van der Waals surface area contributed by atoms with Crippen molar-refractivity contribution in [1.29, 1.82) is 0 Å². The minimum absolute atomic E-state index is 0.202. The maximum atomic E-state index is 11.7. The maximum Gasteiger partial charge on any atom is 0.220 e. The van der Waals surface area contributed by atoms with Gasteiger partial charge in [-0.25, -0.2) is 0 Å². The van der Waals surface area contributed by atoms with Gasteiger partial charge in [-0.05, 0) is 25.8 Å². The number of rotatable bonds is 14. The molecule has 0 aliphatic rings. The van der Waals surface area contributed by atoms with Gasteiger partial charge >= 0.3 is 0 Å². The van der Waals surface area contributed by atoms with E-state index in [1.807, 2.05) is 0 Å². The molecule has 3 N–H and O–H groups in total. The molecule has 0 bridgehead atoms. The largest absolute Gasteiger partial charge is 0.353 e. The van der Waals surface area contributed by atoms with Gasteiger partial charge in [-0.2, -0.15) is 0 Å². The van der Waals surface area contributed by atoms with Crippen molar-refractivity contribution in [2.45, 2.75) is 96.9 Å². The highest BCUT2D eigenvalue weighted by atomic mass is 16.1. The summed E-state index contributed by atoms with van der Waals surface area (Å²) in [6, 6.07) is 0.270. The van der Waals surface area contributed by atoms with E-state index in [1.165, 1.54) is 51.4 Å². The zero-order chi connectivity index (χ0) is 15.1. The number of hydrogen-bond donors (Lipinski definition) is 2. The summed E-state index contributed by atoms with van der Waals surface area (Å²) in [6.45, 7) is 5.00. The molecule has 0 aromatic heterocycles. The topological polar surface area (TPSA) is 55.1 Å². The molecule has 120 valence electrons. The first kappa shape index (κ1) is 19.4. The average Bonchev–Trinajstić information content (AvgIpc) is 2.45. The Morgan fingerprint density at radius 2 is 1.50 bits per heavy atom. The number of carbonyl (C=O) groups excluding carboxylic acids is 1. The summed E-state index contributed by atoms with van der Waals surface area (Å²) in [5.74, 6) is 0.202. The Balaban J connectivity index is 3.34. The Morgan fingerprint density at radius 3 is 2.00 bits per heavy atom. The van der Waals surface area contributed by atoms with Gasteiger partial charge in [-0.3, -0.25) is 4.79 Å². The fraction of sp³-hybridized carbons (Fsp3) is 0.941. The van der Waals surface area contributed by atoms with E-state index in [-0.39, 0.29) is 11.9 Å². The molecule has 0 aromatic rings. The molecule has 1 atom stereocenters. The van der Waals surface area contributed by atoms with Gasteiger partial charge in [0.05, 0.1) is 0 Å². The molecule has 3 nitrogen and oxygen atoms in total. The molecule has 1 amide bonds. The van der Waals surface area contributed by atoms with E-state index in [0.717, 1.165) is 19.3 Å². The van der Waals surface area contributed by atoms with Gasteiger partial charge in [0, 0.05) is 12.5 Å². The lowest BCUT2D eigenvalue weighted by atomic mass is 10.1. The van der Waals surface area contributed by atoms with Crippen LogP contribution >= 0.6 is 0 Å². The molecule has 3 heteroatoms. The standard InChI is InChI=1S/C17H36N2O/c1-3-5-6-7-8-9-10-11-12-13-17(20)19-16(4-2)14-15-18/h16H,3-15,18H2,1-2H3,(H,19,20). The van der Waals surface area contributed by atoms with Gasteiger partial charge in [-0.15, -0.1) is 0 Å². The van der Waals surface area contributed by atoms with Crippen LogP contribution in [0.3, 0.4) is 0 Å². The zero-order valence-corrected chi connectivity index (χ0v) is 13.8. The van der Waals surface area contributed by atoms with Crippen LogP contribution in [0.15, 0.2) is 0 Å². The Labute approximate surface area is 126 Å². The van der Waals surface area contributed by atoms with Crippen molar-refractivity contribution < 1.29 is 4.79 Å². The van der Waals surface area contributed by atoms with Crippen molar-refractivity contribution in [2.75, 3.05) is 6.54 Å². The van der Waals surface area contributed by atoms with Crippen molar-refractivity contribution in [2.24, 2.45) is 5.73 Å². The fourth-order valence-corrected chi connectivity index (χ4v) is 2.48. The summed E-state index contributed by atoms with van der Waals surface area (Å²) in [5.41, 5.74) is 5.53. The molecule has 20 heavy (non-hydrogen) atoms. The van der Waals surface area contributed by atoms with Gasteiger partial charge in [0.15, 0.2) is 0 Å². The highest BCUT2D eigenvalue weighted by molar-refractivity contribution is 5.76. The first-order chi connectivity index (χ1) is 9.74. The molecule has 0 radical (unpaired) electrons. The lowest BCUT2D eigenvalue weighted by Crippen LogP contribution is -2.35. The molecule has 0 fully saturated rings. The van der Waals surface area contributed by atoms with Gasteiger partial charge in [0.25, 0.3) is 0 Å². The van der Waals surface area contributed by atoms with Gasteiger partial charge in [-0.1, -0.05) is 65.2 Å². The number of nitrogens with one attached hydrogen (secondary N) is 1. The smallest absolute Gasteiger partial charge is 0.220 e. The van der Waals surface area contributed by atoms with Crippen molar-refractivity contribution >= 4 is 5.91 Å². The van der Waals surface area contributed by atoms with E-state index in [9.17, 15) is 4.79 Å². The minimum Gasteiger partial charge on any atom is -0.353 e. The normalized spacial score (nSPS) is 12.3. The molecule has 1 unspecified atom stereocenters. The first-order valence-electron chi connectivity index (χ1n) is 8.74. The molecular formula is C17H36N2O. The second kappa shape index (κ2) is 14.8. The monoisotopic (exact) mass is 284 g/mol. The van der Waals surface area contributed by atoms with Crippen LogP contribution in [0.25, 0.3) is 0 Å². The predicted molar refractivity (Wildman–Crippen MR) is 87.7 cm³/mol. The van der Waals surface area contributed by atoms with E-state index in [2.05, 4.69) is 19.2 Å². The Hall–Kier alpha value is -0.570. The van der Waals surface area contributed by atoms with Crippen molar-refractivity contribution in [1.82, 2.24) is 5.32 Å². The number of nitrogens with two attached hydrogens (primary N) is 1. The molecule has 0 aromatic carbocycles.